The van der Waals surface area contributed by atoms with Crippen molar-refractivity contribution in [1.29, 1.82) is 0 Å². The fourth-order valence-electron chi connectivity index (χ4n) is 2.93. The fourth-order valence-corrected chi connectivity index (χ4v) is 3.92. The molecule has 1 N–H and O–H groups in total. The first-order chi connectivity index (χ1) is 15.4. The number of nitrogens with zero attached hydrogens (tertiary/aromatic N) is 1. The average Bonchev–Trinajstić information content (AvgIpc) is 3.03. The van der Waals surface area contributed by atoms with Crippen molar-refractivity contribution in [3.05, 3.63) is 69.6 Å². The third-order valence-corrected chi connectivity index (χ3v) is 5.67. The summed E-state index contributed by atoms with van der Waals surface area (Å²) in [7, 11) is 0. The average molecular weight is 473 g/mol. The third-order valence-electron chi connectivity index (χ3n) is 4.51. The highest BCUT2D eigenvalue weighted by Crippen LogP contribution is 2.32. The maximum absolute atomic E-state index is 12.5. The van der Waals surface area contributed by atoms with Gasteiger partial charge in [0.2, 0.25) is 5.91 Å². The number of hydrogen-bond donors (Lipinski definition) is 1. The number of amides is 3. The smallest absolute Gasteiger partial charge is 0.338 e. The Labute approximate surface area is 194 Å². The molecule has 3 amide bonds. The summed E-state index contributed by atoms with van der Waals surface area (Å²) in [5.41, 5.74) is 1.71. The minimum absolute atomic E-state index is 0.136. The van der Waals surface area contributed by atoms with Crippen LogP contribution < -0.4 is 5.32 Å². The van der Waals surface area contributed by atoms with Crippen LogP contribution in [0.3, 0.4) is 0 Å². The number of anilines is 1. The quantitative estimate of drug-likeness (QED) is 0.430. The molecule has 9 heteroatoms. The lowest BCUT2D eigenvalue weighted by atomic mass is 10.2. The summed E-state index contributed by atoms with van der Waals surface area (Å²) in [5.74, 6) is -1.05. The Morgan fingerprint density at radius 3 is 2.44 bits per heavy atom. The van der Waals surface area contributed by atoms with Crippen molar-refractivity contribution in [3.8, 4) is 0 Å². The molecule has 7 nitrogen and oxygen atoms in total. The summed E-state index contributed by atoms with van der Waals surface area (Å²) in [6, 6.07) is 13.3. The minimum Gasteiger partial charge on any atom is -0.462 e. The molecule has 1 aliphatic rings. The van der Waals surface area contributed by atoms with Crippen molar-refractivity contribution < 1.29 is 23.9 Å². The number of ether oxygens (including phenoxy) is 1. The highest BCUT2D eigenvalue weighted by molar-refractivity contribution is 8.18. The molecule has 2 aromatic rings. The summed E-state index contributed by atoms with van der Waals surface area (Å²) < 4.78 is 4.92. The van der Waals surface area contributed by atoms with Crippen LogP contribution >= 0.6 is 23.4 Å². The Morgan fingerprint density at radius 1 is 1.09 bits per heavy atom. The number of halogens is 1. The molecule has 32 heavy (non-hydrogen) atoms. The molecule has 0 aliphatic carbocycles. The van der Waals surface area contributed by atoms with Crippen LogP contribution in [0.15, 0.2) is 53.4 Å². The second-order valence-electron chi connectivity index (χ2n) is 6.83. The van der Waals surface area contributed by atoms with Crippen LogP contribution in [0.25, 0.3) is 6.08 Å². The Morgan fingerprint density at radius 2 is 1.78 bits per heavy atom. The molecule has 0 unspecified atom stereocenters. The van der Waals surface area contributed by atoms with Gasteiger partial charge in [0.25, 0.3) is 11.1 Å². The molecular formula is C23H21ClN2O5S. The molecule has 0 spiro atoms. The standard InChI is InChI=1S/C23H21ClN2O5S/c1-2-31-22(29)16-7-11-18(12-8-16)25-20(27)4-3-13-26-21(28)19(32-23(26)30)14-15-5-9-17(24)10-6-15/h5-12,14H,2-4,13H2,1H3,(H,25,27)/b19-14-. The van der Waals surface area contributed by atoms with E-state index in [1.54, 1.807) is 61.5 Å². The Bertz CT molecular complexity index is 1050. The zero-order chi connectivity index (χ0) is 23.1. The van der Waals surface area contributed by atoms with Gasteiger partial charge in [-0.05, 0) is 73.1 Å². The van der Waals surface area contributed by atoms with E-state index in [0.717, 1.165) is 22.2 Å². The number of carbonyl (C=O) groups is 4. The largest absolute Gasteiger partial charge is 0.462 e. The van der Waals surface area contributed by atoms with Gasteiger partial charge in [0.15, 0.2) is 0 Å². The van der Waals surface area contributed by atoms with Crippen molar-refractivity contribution in [2.45, 2.75) is 19.8 Å². The number of imide groups is 1. The molecular weight excluding hydrogens is 452 g/mol. The van der Waals surface area contributed by atoms with E-state index in [4.69, 9.17) is 16.3 Å². The van der Waals surface area contributed by atoms with E-state index in [-0.39, 0.29) is 36.6 Å². The van der Waals surface area contributed by atoms with Crippen LogP contribution in [0.2, 0.25) is 5.02 Å². The summed E-state index contributed by atoms with van der Waals surface area (Å²) in [6.45, 7) is 2.17. The molecule has 0 radical (unpaired) electrons. The van der Waals surface area contributed by atoms with Gasteiger partial charge >= 0.3 is 5.97 Å². The number of benzene rings is 2. The summed E-state index contributed by atoms with van der Waals surface area (Å²) in [6.07, 6.45) is 2.12. The first kappa shape index (κ1) is 23.6. The second kappa shape index (κ2) is 11.0. The van der Waals surface area contributed by atoms with E-state index in [2.05, 4.69) is 5.32 Å². The third kappa shape index (κ3) is 6.21. The maximum atomic E-state index is 12.5. The predicted octanol–water partition coefficient (Wildman–Crippen LogP) is 4.97. The highest BCUT2D eigenvalue weighted by Gasteiger charge is 2.34. The lowest BCUT2D eigenvalue weighted by Gasteiger charge is -2.12. The minimum atomic E-state index is -0.423. The van der Waals surface area contributed by atoms with E-state index in [1.165, 1.54) is 0 Å². The van der Waals surface area contributed by atoms with Gasteiger partial charge in [-0.1, -0.05) is 23.7 Å². The Balaban J connectivity index is 1.48. The van der Waals surface area contributed by atoms with Gasteiger partial charge < -0.3 is 10.1 Å². The monoisotopic (exact) mass is 472 g/mol. The zero-order valence-corrected chi connectivity index (χ0v) is 18.9. The lowest BCUT2D eigenvalue weighted by molar-refractivity contribution is -0.123. The maximum Gasteiger partial charge on any atom is 0.338 e. The van der Waals surface area contributed by atoms with Gasteiger partial charge in [-0.25, -0.2) is 4.79 Å². The summed E-state index contributed by atoms with van der Waals surface area (Å²) in [4.78, 5) is 50.1. The van der Waals surface area contributed by atoms with Crippen LogP contribution in [0.1, 0.15) is 35.7 Å². The number of thioether (sulfide) groups is 1. The highest BCUT2D eigenvalue weighted by atomic mass is 35.5. The number of nitrogens with one attached hydrogen (secondary N) is 1. The molecule has 2 aromatic carbocycles. The van der Waals surface area contributed by atoms with Crippen molar-refractivity contribution in [2.24, 2.45) is 0 Å². The lowest BCUT2D eigenvalue weighted by Crippen LogP contribution is -2.29. The van der Waals surface area contributed by atoms with E-state index < -0.39 is 5.97 Å². The van der Waals surface area contributed by atoms with Crippen LogP contribution in [-0.2, 0) is 14.3 Å². The van der Waals surface area contributed by atoms with Gasteiger partial charge in [-0.3, -0.25) is 19.3 Å². The molecule has 1 fully saturated rings. The van der Waals surface area contributed by atoms with Crippen molar-refractivity contribution in [1.82, 2.24) is 4.90 Å². The zero-order valence-electron chi connectivity index (χ0n) is 17.3. The molecule has 1 heterocycles. The molecule has 0 aromatic heterocycles. The molecule has 1 aliphatic heterocycles. The van der Waals surface area contributed by atoms with Crippen LogP contribution in [0, 0.1) is 0 Å². The Kier molecular flexibility index (Phi) is 8.08. The summed E-state index contributed by atoms with van der Waals surface area (Å²) >= 11 is 6.74. The van der Waals surface area contributed by atoms with E-state index in [9.17, 15) is 19.2 Å². The van der Waals surface area contributed by atoms with Crippen LogP contribution in [0.4, 0.5) is 10.5 Å². The molecule has 0 atom stereocenters. The first-order valence-electron chi connectivity index (χ1n) is 9.95. The summed E-state index contributed by atoms with van der Waals surface area (Å²) in [5, 5.41) is 2.96. The van der Waals surface area contributed by atoms with Gasteiger partial charge in [0.05, 0.1) is 17.1 Å². The molecule has 1 saturated heterocycles. The predicted molar refractivity (Wildman–Crippen MR) is 124 cm³/mol. The van der Waals surface area contributed by atoms with E-state index >= 15 is 0 Å². The molecule has 0 saturated carbocycles. The van der Waals surface area contributed by atoms with Gasteiger partial charge in [0.1, 0.15) is 0 Å². The van der Waals surface area contributed by atoms with Crippen LogP contribution in [0.5, 0.6) is 0 Å². The SMILES string of the molecule is CCOC(=O)c1ccc(NC(=O)CCCN2C(=O)S/C(=C\c3ccc(Cl)cc3)C2=O)cc1. The first-order valence-corrected chi connectivity index (χ1v) is 11.1. The number of rotatable bonds is 8. The topological polar surface area (TPSA) is 92.8 Å². The van der Waals surface area contributed by atoms with Gasteiger partial charge in [-0.15, -0.1) is 0 Å². The molecule has 0 bridgehead atoms. The van der Waals surface area contributed by atoms with Gasteiger partial charge in [-0.2, -0.15) is 0 Å². The molecule has 3 rings (SSSR count). The number of hydrogen-bond acceptors (Lipinski definition) is 6. The number of esters is 1. The van der Waals surface area contributed by atoms with Crippen LogP contribution in [-0.4, -0.2) is 41.1 Å². The van der Waals surface area contributed by atoms with Gasteiger partial charge in [0, 0.05) is 23.7 Å². The van der Waals surface area contributed by atoms with Crippen molar-refractivity contribution in [2.75, 3.05) is 18.5 Å². The fraction of sp³-hybridized carbons (Fsp3) is 0.217. The van der Waals surface area contributed by atoms with Crippen molar-refractivity contribution >= 4 is 58.1 Å². The Hall–Kier alpha value is -3.10. The van der Waals surface area contributed by atoms with E-state index in [1.807, 2.05) is 0 Å². The van der Waals surface area contributed by atoms with E-state index in [0.29, 0.717) is 27.6 Å². The normalized spacial score (nSPS) is 14.7. The number of carbonyl (C=O) groups excluding carboxylic acids is 4. The van der Waals surface area contributed by atoms with Crippen molar-refractivity contribution in [3.63, 3.8) is 0 Å². The second-order valence-corrected chi connectivity index (χ2v) is 8.26. The molecule has 166 valence electrons.